The Hall–Kier alpha value is -1.35. The zero-order valence-corrected chi connectivity index (χ0v) is 12.3. The highest BCUT2D eigenvalue weighted by Gasteiger charge is 2.19. The molecule has 1 aliphatic carbocycles. The molecule has 0 heterocycles. The van der Waals surface area contributed by atoms with Crippen molar-refractivity contribution in [1.82, 2.24) is 5.32 Å². The summed E-state index contributed by atoms with van der Waals surface area (Å²) in [5.41, 5.74) is 2.59. The van der Waals surface area contributed by atoms with Crippen LogP contribution in [0.4, 0.5) is 0 Å². The normalized spacial score (nSPS) is 16.6. The third-order valence-electron chi connectivity index (χ3n) is 4.25. The number of aliphatic carboxylic acids is 1. The lowest BCUT2D eigenvalue weighted by molar-refractivity contribution is -0.139. The third-order valence-corrected chi connectivity index (χ3v) is 4.25. The summed E-state index contributed by atoms with van der Waals surface area (Å²) in [6.07, 6.45) is 6.66. The zero-order valence-electron chi connectivity index (χ0n) is 12.3. The molecule has 2 N–H and O–H groups in total. The van der Waals surface area contributed by atoms with Crippen LogP contribution in [0.5, 0.6) is 0 Å². The molecule has 1 unspecified atom stereocenters. The molecule has 3 heteroatoms. The Morgan fingerprint density at radius 1 is 1.35 bits per heavy atom. The van der Waals surface area contributed by atoms with E-state index in [0.29, 0.717) is 13.0 Å². The van der Waals surface area contributed by atoms with Crippen LogP contribution in [-0.4, -0.2) is 17.1 Å². The van der Waals surface area contributed by atoms with Gasteiger partial charge in [0.25, 0.3) is 0 Å². The van der Waals surface area contributed by atoms with Crippen LogP contribution < -0.4 is 5.32 Å². The van der Waals surface area contributed by atoms with Crippen molar-refractivity contribution in [3.8, 4) is 0 Å². The van der Waals surface area contributed by atoms with Gasteiger partial charge in [0.2, 0.25) is 0 Å². The second kappa shape index (κ2) is 7.44. The molecule has 0 amide bonds. The number of unbranched alkanes of at least 4 members (excludes halogenated alkanes) is 1. The number of carboxylic acids is 1. The van der Waals surface area contributed by atoms with Crippen molar-refractivity contribution in [3.63, 3.8) is 0 Å². The summed E-state index contributed by atoms with van der Waals surface area (Å²) in [5, 5.41) is 12.3. The number of hydrogen-bond donors (Lipinski definition) is 2. The lowest BCUT2D eigenvalue weighted by atomic mass is 9.80. The van der Waals surface area contributed by atoms with Gasteiger partial charge in [-0.05, 0) is 36.3 Å². The maximum Gasteiger partial charge on any atom is 0.320 e. The first kappa shape index (κ1) is 15.0. The van der Waals surface area contributed by atoms with Gasteiger partial charge in [-0.25, -0.2) is 0 Å². The SMILES string of the molecule is CCCCC(NCc1ccc(C2CCC2)cc1)C(=O)O. The fourth-order valence-electron chi connectivity index (χ4n) is 2.61. The van der Waals surface area contributed by atoms with Crippen molar-refractivity contribution < 1.29 is 9.90 Å². The van der Waals surface area contributed by atoms with E-state index in [4.69, 9.17) is 0 Å². The maximum absolute atomic E-state index is 11.2. The summed E-state index contributed by atoms with van der Waals surface area (Å²) in [7, 11) is 0. The van der Waals surface area contributed by atoms with Crippen LogP contribution in [0.25, 0.3) is 0 Å². The zero-order chi connectivity index (χ0) is 14.4. The van der Waals surface area contributed by atoms with Gasteiger partial charge in [0.1, 0.15) is 6.04 Å². The van der Waals surface area contributed by atoms with Crippen LogP contribution in [-0.2, 0) is 11.3 Å². The minimum atomic E-state index is -0.746. The van der Waals surface area contributed by atoms with E-state index in [2.05, 4.69) is 36.5 Å². The van der Waals surface area contributed by atoms with Crippen LogP contribution in [0.15, 0.2) is 24.3 Å². The van der Waals surface area contributed by atoms with E-state index < -0.39 is 12.0 Å². The first-order valence-corrected chi connectivity index (χ1v) is 7.75. The number of benzene rings is 1. The molecule has 1 aromatic rings. The van der Waals surface area contributed by atoms with E-state index in [1.54, 1.807) is 0 Å². The predicted molar refractivity (Wildman–Crippen MR) is 80.8 cm³/mol. The minimum absolute atomic E-state index is 0.429. The monoisotopic (exact) mass is 275 g/mol. The largest absolute Gasteiger partial charge is 0.480 e. The summed E-state index contributed by atoms with van der Waals surface area (Å²) in [4.78, 5) is 11.2. The van der Waals surface area contributed by atoms with E-state index in [-0.39, 0.29) is 0 Å². The Labute approximate surface area is 121 Å². The summed E-state index contributed by atoms with van der Waals surface area (Å²) < 4.78 is 0. The van der Waals surface area contributed by atoms with Gasteiger partial charge in [0, 0.05) is 6.54 Å². The molecule has 1 aromatic carbocycles. The molecule has 0 bridgehead atoms. The van der Waals surface area contributed by atoms with E-state index in [9.17, 15) is 9.90 Å². The van der Waals surface area contributed by atoms with E-state index in [0.717, 1.165) is 24.3 Å². The maximum atomic E-state index is 11.2. The van der Waals surface area contributed by atoms with Gasteiger partial charge in [0.15, 0.2) is 0 Å². The molecule has 0 aromatic heterocycles. The van der Waals surface area contributed by atoms with Gasteiger partial charge in [-0.15, -0.1) is 0 Å². The molecule has 0 aliphatic heterocycles. The van der Waals surface area contributed by atoms with Gasteiger partial charge in [-0.1, -0.05) is 50.5 Å². The molecule has 0 spiro atoms. The van der Waals surface area contributed by atoms with Gasteiger partial charge in [-0.2, -0.15) is 0 Å². The fourth-order valence-corrected chi connectivity index (χ4v) is 2.61. The van der Waals surface area contributed by atoms with E-state index in [1.807, 2.05) is 0 Å². The number of carbonyl (C=O) groups is 1. The van der Waals surface area contributed by atoms with Crippen molar-refractivity contribution in [3.05, 3.63) is 35.4 Å². The topological polar surface area (TPSA) is 49.3 Å². The van der Waals surface area contributed by atoms with Crippen molar-refractivity contribution in [2.45, 2.75) is 64.0 Å². The standard InChI is InChI=1S/C17H25NO2/c1-2-3-7-16(17(19)20)18-12-13-8-10-15(11-9-13)14-5-4-6-14/h8-11,14,16,18H,2-7,12H2,1H3,(H,19,20). The van der Waals surface area contributed by atoms with Crippen molar-refractivity contribution in [2.75, 3.05) is 0 Å². The molecular weight excluding hydrogens is 250 g/mol. The molecule has 2 rings (SSSR count). The summed E-state index contributed by atoms with van der Waals surface area (Å²) in [6, 6.07) is 8.21. The molecule has 0 radical (unpaired) electrons. The van der Waals surface area contributed by atoms with Crippen LogP contribution in [0.3, 0.4) is 0 Å². The lowest BCUT2D eigenvalue weighted by Gasteiger charge is -2.25. The van der Waals surface area contributed by atoms with Crippen LogP contribution >= 0.6 is 0 Å². The second-order valence-electron chi connectivity index (χ2n) is 5.78. The van der Waals surface area contributed by atoms with Crippen LogP contribution in [0, 0.1) is 0 Å². The van der Waals surface area contributed by atoms with Crippen molar-refractivity contribution >= 4 is 5.97 Å². The second-order valence-corrected chi connectivity index (χ2v) is 5.78. The Morgan fingerprint density at radius 3 is 2.55 bits per heavy atom. The molecular formula is C17H25NO2. The Kier molecular flexibility index (Phi) is 5.60. The molecule has 110 valence electrons. The van der Waals surface area contributed by atoms with Gasteiger partial charge in [0.05, 0.1) is 0 Å². The molecule has 20 heavy (non-hydrogen) atoms. The van der Waals surface area contributed by atoms with Gasteiger partial charge in [-0.3, -0.25) is 4.79 Å². The van der Waals surface area contributed by atoms with E-state index in [1.165, 1.54) is 24.8 Å². The first-order chi connectivity index (χ1) is 9.70. The average Bonchev–Trinajstić information content (AvgIpc) is 2.38. The first-order valence-electron chi connectivity index (χ1n) is 7.75. The number of nitrogens with one attached hydrogen (secondary N) is 1. The van der Waals surface area contributed by atoms with E-state index >= 15 is 0 Å². The molecule has 1 aliphatic rings. The average molecular weight is 275 g/mol. The third kappa shape index (κ3) is 4.07. The van der Waals surface area contributed by atoms with Crippen molar-refractivity contribution in [1.29, 1.82) is 0 Å². The number of carboxylic acid groups (broad SMARTS) is 1. The number of hydrogen-bond acceptors (Lipinski definition) is 2. The highest BCUT2D eigenvalue weighted by molar-refractivity contribution is 5.73. The van der Waals surface area contributed by atoms with Gasteiger partial charge >= 0.3 is 5.97 Å². The quantitative estimate of drug-likeness (QED) is 0.760. The minimum Gasteiger partial charge on any atom is -0.480 e. The van der Waals surface area contributed by atoms with Crippen LogP contribution in [0.2, 0.25) is 0 Å². The van der Waals surface area contributed by atoms with Crippen molar-refractivity contribution in [2.24, 2.45) is 0 Å². The highest BCUT2D eigenvalue weighted by Crippen LogP contribution is 2.36. The summed E-state index contributed by atoms with van der Waals surface area (Å²) in [5.74, 6) is 0.0119. The Morgan fingerprint density at radius 2 is 2.05 bits per heavy atom. The molecule has 1 atom stereocenters. The predicted octanol–water partition coefficient (Wildman–Crippen LogP) is 3.69. The Bertz CT molecular complexity index is 423. The Balaban J connectivity index is 1.83. The molecule has 1 saturated carbocycles. The van der Waals surface area contributed by atoms with Crippen LogP contribution in [0.1, 0.15) is 62.5 Å². The summed E-state index contributed by atoms with van der Waals surface area (Å²) in [6.45, 7) is 2.71. The lowest BCUT2D eigenvalue weighted by Crippen LogP contribution is -2.36. The number of rotatable bonds is 8. The smallest absolute Gasteiger partial charge is 0.320 e. The molecule has 3 nitrogen and oxygen atoms in total. The summed E-state index contributed by atoms with van der Waals surface area (Å²) >= 11 is 0. The fraction of sp³-hybridized carbons (Fsp3) is 0.588. The molecule has 0 saturated heterocycles. The highest BCUT2D eigenvalue weighted by atomic mass is 16.4. The van der Waals surface area contributed by atoms with Gasteiger partial charge < -0.3 is 10.4 Å². The molecule has 1 fully saturated rings.